The summed E-state index contributed by atoms with van der Waals surface area (Å²) in [6, 6.07) is 14.5. The highest BCUT2D eigenvalue weighted by molar-refractivity contribution is 6.07. The van der Waals surface area contributed by atoms with Crippen LogP contribution < -0.4 is 21.9 Å². The second kappa shape index (κ2) is 7.91. The molecule has 3 N–H and O–H groups in total. The zero-order chi connectivity index (χ0) is 20.3. The minimum absolute atomic E-state index is 0.0595. The summed E-state index contributed by atoms with van der Waals surface area (Å²) < 4.78 is 15.2. The molecule has 0 radical (unpaired) electrons. The highest BCUT2D eigenvalue weighted by Crippen LogP contribution is 2.21. The number of carbonyl (C=O) groups excluding carboxylic acids is 1. The fourth-order valence-corrected chi connectivity index (χ4v) is 2.94. The number of carbonyl (C=O) groups is 1. The minimum Gasteiger partial charge on any atom is -0.383 e. The van der Waals surface area contributed by atoms with E-state index in [2.05, 4.69) is 4.98 Å². The van der Waals surface area contributed by atoms with E-state index in [1.54, 1.807) is 19.1 Å². The van der Waals surface area contributed by atoms with Crippen LogP contribution >= 0.6 is 0 Å². The third-order valence-electron chi connectivity index (χ3n) is 4.33. The van der Waals surface area contributed by atoms with Gasteiger partial charge in [0.2, 0.25) is 0 Å². The molecule has 0 spiro atoms. The second-order valence-corrected chi connectivity index (χ2v) is 6.09. The van der Waals surface area contributed by atoms with Crippen molar-refractivity contribution in [3.05, 3.63) is 92.4 Å². The quantitative estimate of drug-likeness (QED) is 0.704. The Labute approximate surface area is 159 Å². The molecule has 8 heteroatoms. The molecule has 144 valence electrons. The van der Waals surface area contributed by atoms with E-state index in [1.165, 1.54) is 22.8 Å². The number of aromatic amines is 1. The van der Waals surface area contributed by atoms with Crippen molar-refractivity contribution in [2.75, 3.05) is 17.2 Å². The van der Waals surface area contributed by atoms with Crippen molar-refractivity contribution in [1.82, 2.24) is 9.55 Å². The van der Waals surface area contributed by atoms with Gasteiger partial charge in [-0.25, -0.2) is 9.18 Å². The Bertz CT molecular complexity index is 1120. The van der Waals surface area contributed by atoms with Gasteiger partial charge in [0.05, 0.1) is 12.1 Å². The number of benzene rings is 2. The van der Waals surface area contributed by atoms with Gasteiger partial charge in [0.15, 0.2) is 5.69 Å². The van der Waals surface area contributed by atoms with Crippen LogP contribution in [0, 0.1) is 5.82 Å². The molecule has 7 nitrogen and oxygen atoms in total. The molecule has 28 heavy (non-hydrogen) atoms. The smallest absolute Gasteiger partial charge is 0.330 e. The lowest BCUT2D eigenvalue weighted by Crippen LogP contribution is -2.41. The van der Waals surface area contributed by atoms with Crippen molar-refractivity contribution in [2.45, 2.75) is 13.5 Å². The van der Waals surface area contributed by atoms with E-state index in [9.17, 15) is 18.8 Å². The number of halogens is 1. The molecule has 1 aromatic heterocycles. The Morgan fingerprint density at radius 1 is 1.11 bits per heavy atom. The predicted octanol–water partition coefficient (Wildman–Crippen LogP) is 1.97. The predicted molar refractivity (Wildman–Crippen MR) is 105 cm³/mol. The maximum Gasteiger partial charge on any atom is 0.330 e. The molecule has 1 amide bonds. The molecule has 0 atom stereocenters. The lowest BCUT2D eigenvalue weighted by atomic mass is 10.1. The van der Waals surface area contributed by atoms with Crippen LogP contribution in [-0.4, -0.2) is 22.0 Å². The summed E-state index contributed by atoms with van der Waals surface area (Å²) in [5, 5.41) is 0. The number of aromatic nitrogens is 2. The number of H-pyrrole nitrogens is 1. The fraction of sp³-hybridized carbons (Fsp3) is 0.150. The second-order valence-electron chi connectivity index (χ2n) is 6.09. The number of amides is 1. The van der Waals surface area contributed by atoms with Gasteiger partial charge >= 0.3 is 5.69 Å². The molecule has 3 aromatic rings. The number of hydrogen-bond acceptors (Lipinski definition) is 4. The van der Waals surface area contributed by atoms with Gasteiger partial charge in [-0.1, -0.05) is 42.5 Å². The Kier molecular flexibility index (Phi) is 5.39. The van der Waals surface area contributed by atoms with E-state index < -0.39 is 23.0 Å². The molecule has 3 rings (SSSR count). The average molecular weight is 382 g/mol. The standard InChI is InChI=1S/C20H19FN4O3/c1-2-24(19(27)14-10-6-7-11-15(14)21)16-17(22)25(20(28)23-18(16)26)12-13-8-4-3-5-9-13/h3-11H,2,12,22H2,1H3,(H,23,26,28). The van der Waals surface area contributed by atoms with Gasteiger partial charge < -0.3 is 10.6 Å². The Balaban J connectivity index is 2.11. The lowest BCUT2D eigenvalue weighted by Gasteiger charge is -2.23. The van der Waals surface area contributed by atoms with Crippen molar-refractivity contribution in [2.24, 2.45) is 0 Å². The van der Waals surface area contributed by atoms with E-state index in [0.717, 1.165) is 16.5 Å². The minimum atomic E-state index is -0.807. The third kappa shape index (κ3) is 3.57. The van der Waals surface area contributed by atoms with Crippen molar-refractivity contribution < 1.29 is 9.18 Å². The van der Waals surface area contributed by atoms with Crippen molar-refractivity contribution >= 4 is 17.4 Å². The number of nitrogen functional groups attached to an aromatic ring is 1. The summed E-state index contributed by atoms with van der Waals surface area (Å²) >= 11 is 0. The van der Waals surface area contributed by atoms with E-state index in [1.807, 2.05) is 18.2 Å². The van der Waals surface area contributed by atoms with Crippen LogP contribution in [0.4, 0.5) is 15.9 Å². The van der Waals surface area contributed by atoms with Crippen molar-refractivity contribution in [3.63, 3.8) is 0 Å². The van der Waals surface area contributed by atoms with Crippen LogP contribution in [0.15, 0.2) is 64.2 Å². The maximum atomic E-state index is 14.1. The summed E-state index contributed by atoms with van der Waals surface area (Å²) in [5.74, 6) is -1.59. The summed E-state index contributed by atoms with van der Waals surface area (Å²) in [6.45, 7) is 1.80. The first-order valence-electron chi connectivity index (χ1n) is 8.67. The van der Waals surface area contributed by atoms with Crippen LogP contribution in [0.5, 0.6) is 0 Å². The zero-order valence-electron chi connectivity index (χ0n) is 15.2. The molecule has 0 unspecified atom stereocenters. The van der Waals surface area contributed by atoms with E-state index >= 15 is 0 Å². The van der Waals surface area contributed by atoms with Gasteiger partial charge in [0, 0.05) is 6.54 Å². The zero-order valence-corrected chi connectivity index (χ0v) is 15.2. The van der Waals surface area contributed by atoms with Crippen LogP contribution in [-0.2, 0) is 6.54 Å². The molecular weight excluding hydrogens is 363 g/mol. The molecule has 2 aromatic carbocycles. The van der Waals surface area contributed by atoms with Gasteiger partial charge in [-0.3, -0.25) is 19.1 Å². The van der Waals surface area contributed by atoms with Gasteiger partial charge in [0.25, 0.3) is 11.5 Å². The van der Waals surface area contributed by atoms with Crippen molar-refractivity contribution in [3.8, 4) is 0 Å². The Morgan fingerprint density at radius 2 is 1.75 bits per heavy atom. The average Bonchev–Trinajstić information content (AvgIpc) is 2.69. The fourth-order valence-electron chi connectivity index (χ4n) is 2.94. The first kappa shape index (κ1) is 19.1. The van der Waals surface area contributed by atoms with Gasteiger partial charge in [-0.05, 0) is 24.6 Å². The summed E-state index contributed by atoms with van der Waals surface area (Å²) in [5.41, 5.74) is 5.03. The number of hydrogen-bond donors (Lipinski definition) is 2. The highest BCUT2D eigenvalue weighted by atomic mass is 19.1. The molecule has 1 heterocycles. The number of nitrogens with two attached hydrogens (primary N) is 1. The summed E-state index contributed by atoms with van der Waals surface area (Å²) in [6.07, 6.45) is 0. The van der Waals surface area contributed by atoms with Crippen LogP contribution in [0.3, 0.4) is 0 Å². The molecule has 0 saturated carbocycles. The normalized spacial score (nSPS) is 10.6. The third-order valence-corrected chi connectivity index (χ3v) is 4.33. The maximum absolute atomic E-state index is 14.1. The van der Waals surface area contributed by atoms with E-state index in [4.69, 9.17) is 5.73 Å². The molecular formula is C20H19FN4O3. The molecule has 0 aliphatic rings. The molecule has 0 aliphatic heterocycles. The largest absolute Gasteiger partial charge is 0.383 e. The van der Waals surface area contributed by atoms with Crippen molar-refractivity contribution in [1.29, 1.82) is 0 Å². The van der Waals surface area contributed by atoms with Crippen LogP contribution in [0.2, 0.25) is 0 Å². The Morgan fingerprint density at radius 3 is 2.39 bits per heavy atom. The number of nitrogens with zero attached hydrogens (tertiary/aromatic N) is 2. The summed E-state index contributed by atoms with van der Waals surface area (Å²) in [4.78, 5) is 40.8. The molecule has 0 fully saturated rings. The van der Waals surface area contributed by atoms with Gasteiger partial charge in [-0.15, -0.1) is 0 Å². The van der Waals surface area contributed by atoms with Crippen LogP contribution in [0.25, 0.3) is 0 Å². The number of rotatable bonds is 5. The van der Waals surface area contributed by atoms with Gasteiger partial charge in [-0.2, -0.15) is 0 Å². The van der Waals surface area contributed by atoms with Gasteiger partial charge in [0.1, 0.15) is 11.6 Å². The highest BCUT2D eigenvalue weighted by Gasteiger charge is 2.25. The first-order valence-corrected chi connectivity index (χ1v) is 8.67. The lowest BCUT2D eigenvalue weighted by molar-refractivity contribution is 0.0984. The van der Waals surface area contributed by atoms with Crippen LogP contribution in [0.1, 0.15) is 22.8 Å². The summed E-state index contributed by atoms with van der Waals surface area (Å²) in [7, 11) is 0. The SMILES string of the molecule is CCN(C(=O)c1ccccc1F)c1c(N)n(Cc2ccccc2)c(=O)[nH]c1=O. The Hall–Kier alpha value is -3.68. The number of anilines is 2. The molecule has 0 bridgehead atoms. The monoisotopic (exact) mass is 382 g/mol. The molecule has 0 saturated heterocycles. The first-order chi connectivity index (χ1) is 13.4. The number of nitrogens with one attached hydrogen (secondary N) is 1. The van der Waals surface area contributed by atoms with E-state index in [0.29, 0.717) is 0 Å². The topological polar surface area (TPSA) is 101 Å². The molecule has 0 aliphatic carbocycles. The van der Waals surface area contributed by atoms with E-state index in [-0.39, 0.29) is 30.2 Å².